The van der Waals surface area contributed by atoms with Crippen LogP contribution in [0.15, 0.2) is 24.3 Å². The van der Waals surface area contributed by atoms with Crippen molar-refractivity contribution in [3.8, 4) is 0 Å². The fourth-order valence-corrected chi connectivity index (χ4v) is 1.65. The predicted molar refractivity (Wildman–Crippen MR) is 63.3 cm³/mol. The molecule has 1 heterocycles. The standard InChI is InChI=1S/C12H16N2O3/c13-10-3-1-2-9(6-10)7-14-12(15)11-8-16-4-5-17-11/h1-3,6,11H,4-5,7-8,13H2,(H,14,15). The number of hydrogen-bond acceptors (Lipinski definition) is 4. The van der Waals surface area contributed by atoms with E-state index in [1.165, 1.54) is 0 Å². The molecule has 1 unspecified atom stereocenters. The van der Waals surface area contributed by atoms with E-state index in [-0.39, 0.29) is 5.91 Å². The van der Waals surface area contributed by atoms with Crippen molar-refractivity contribution in [1.29, 1.82) is 0 Å². The van der Waals surface area contributed by atoms with Gasteiger partial charge in [-0.25, -0.2) is 0 Å². The molecule has 92 valence electrons. The molecule has 2 rings (SSSR count). The Labute approximate surface area is 99.9 Å². The van der Waals surface area contributed by atoms with Crippen molar-refractivity contribution in [3.63, 3.8) is 0 Å². The third-order valence-electron chi connectivity index (χ3n) is 2.53. The zero-order chi connectivity index (χ0) is 12.1. The number of carbonyl (C=O) groups is 1. The first-order chi connectivity index (χ1) is 8.25. The van der Waals surface area contributed by atoms with Crippen molar-refractivity contribution in [2.45, 2.75) is 12.6 Å². The highest BCUT2D eigenvalue weighted by Crippen LogP contribution is 2.06. The van der Waals surface area contributed by atoms with Crippen LogP contribution in [0.1, 0.15) is 5.56 Å². The number of nitrogen functional groups attached to an aromatic ring is 1. The van der Waals surface area contributed by atoms with Crippen LogP contribution in [0.4, 0.5) is 5.69 Å². The molecule has 1 aliphatic rings. The maximum absolute atomic E-state index is 11.7. The summed E-state index contributed by atoms with van der Waals surface area (Å²) in [6.45, 7) is 1.79. The molecule has 3 N–H and O–H groups in total. The molecule has 0 aromatic heterocycles. The van der Waals surface area contributed by atoms with Gasteiger partial charge in [-0.2, -0.15) is 0 Å². The van der Waals surface area contributed by atoms with Gasteiger partial charge in [0, 0.05) is 12.2 Å². The normalized spacial score (nSPS) is 19.9. The zero-order valence-electron chi connectivity index (χ0n) is 9.52. The first-order valence-corrected chi connectivity index (χ1v) is 5.57. The van der Waals surface area contributed by atoms with Crippen molar-refractivity contribution < 1.29 is 14.3 Å². The summed E-state index contributed by atoms with van der Waals surface area (Å²) in [7, 11) is 0. The first kappa shape index (κ1) is 11.9. The molecule has 1 amide bonds. The summed E-state index contributed by atoms with van der Waals surface area (Å²) >= 11 is 0. The van der Waals surface area contributed by atoms with Gasteiger partial charge in [-0.1, -0.05) is 12.1 Å². The Balaban J connectivity index is 1.83. The lowest BCUT2D eigenvalue weighted by Gasteiger charge is -2.22. The Kier molecular flexibility index (Phi) is 3.95. The Hall–Kier alpha value is -1.59. The molecule has 5 heteroatoms. The summed E-state index contributed by atoms with van der Waals surface area (Å²) in [5.41, 5.74) is 7.31. The third kappa shape index (κ3) is 3.44. The molecule has 5 nitrogen and oxygen atoms in total. The fourth-order valence-electron chi connectivity index (χ4n) is 1.65. The zero-order valence-corrected chi connectivity index (χ0v) is 9.52. The van der Waals surface area contributed by atoms with Crippen LogP contribution < -0.4 is 11.1 Å². The smallest absolute Gasteiger partial charge is 0.251 e. The van der Waals surface area contributed by atoms with Crippen LogP contribution >= 0.6 is 0 Å². The molecule has 1 atom stereocenters. The van der Waals surface area contributed by atoms with Gasteiger partial charge < -0.3 is 20.5 Å². The van der Waals surface area contributed by atoms with E-state index in [1.807, 2.05) is 24.3 Å². The molecule has 1 aromatic rings. The molecule has 1 saturated heterocycles. The van der Waals surface area contributed by atoms with E-state index in [4.69, 9.17) is 15.2 Å². The maximum Gasteiger partial charge on any atom is 0.251 e. The molecule has 0 spiro atoms. The number of anilines is 1. The van der Waals surface area contributed by atoms with E-state index in [0.717, 1.165) is 5.56 Å². The molecular formula is C12H16N2O3. The lowest BCUT2D eigenvalue weighted by Crippen LogP contribution is -2.42. The van der Waals surface area contributed by atoms with E-state index < -0.39 is 6.10 Å². The summed E-state index contributed by atoms with van der Waals surface area (Å²) in [5, 5.41) is 2.80. The number of nitrogens with one attached hydrogen (secondary N) is 1. The van der Waals surface area contributed by atoms with Crippen LogP contribution in [0.25, 0.3) is 0 Å². The van der Waals surface area contributed by atoms with Crippen molar-refractivity contribution in [2.75, 3.05) is 25.6 Å². The molecule has 1 fully saturated rings. The maximum atomic E-state index is 11.7. The number of rotatable bonds is 3. The van der Waals surface area contributed by atoms with Crippen LogP contribution in [0.2, 0.25) is 0 Å². The average molecular weight is 236 g/mol. The molecule has 0 saturated carbocycles. The van der Waals surface area contributed by atoms with Crippen LogP contribution in [-0.4, -0.2) is 31.8 Å². The van der Waals surface area contributed by atoms with Crippen molar-refractivity contribution >= 4 is 11.6 Å². The van der Waals surface area contributed by atoms with Gasteiger partial charge in [0.15, 0.2) is 6.10 Å². The van der Waals surface area contributed by atoms with Crippen molar-refractivity contribution in [2.24, 2.45) is 0 Å². The highest BCUT2D eigenvalue weighted by atomic mass is 16.6. The summed E-state index contributed by atoms with van der Waals surface area (Å²) in [6, 6.07) is 7.41. The number of nitrogens with two attached hydrogens (primary N) is 1. The van der Waals surface area contributed by atoms with Crippen molar-refractivity contribution in [3.05, 3.63) is 29.8 Å². The third-order valence-corrected chi connectivity index (χ3v) is 2.53. The van der Waals surface area contributed by atoms with E-state index in [2.05, 4.69) is 5.32 Å². The second-order valence-corrected chi connectivity index (χ2v) is 3.90. The first-order valence-electron chi connectivity index (χ1n) is 5.57. The predicted octanol–water partition coefficient (Wildman–Crippen LogP) is 0.300. The average Bonchev–Trinajstić information content (AvgIpc) is 2.37. The number of carbonyl (C=O) groups excluding carboxylic acids is 1. The summed E-state index contributed by atoms with van der Waals surface area (Å²) in [5.74, 6) is -0.146. The molecule has 0 radical (unpaired) electrons. The fraction of sp³-hybridized carbons (Fsp3) is 0.417. The number of ether oxygens (including phenoxy) is 2. The second-order valence-electron chi connectivity index (χ2n) is 3.90. The highest BCUT2D eigenvalue weighted by molar-refractivity contribution is 5.81. The second kappa shape index (κ2) is 5.65. The van der Waals surface area contributed by atoms with Gasteiger partial charge in [-0.05, 0) is 17.7 Å². The lowest BCUT2D eigenvalue weighted by atomic mass is 10.2. The Bertz CT molecular complexity index is 389. The number of amides is 1. The highest BCUT2D eigenvalue weighted by Gasteiger charge is 2.21. The van der Waals surface area contributed by atoms with Crippen LogP contribution in [0, 0.1) is 0 Å². The Morgan fingerprint density at radius 1 is 1.47 bits per heavy atom. The van der Waals surface area contributed by atoms with Gasteiger partial charge in [0.25, 0.3) is 5.91 Å². The quantitative estimate of drug-likeness (QED) is 0.740. The van der Waals surface area contributed by atoms with Crippen LogP contribution in [0.3, 0.4) is 0 Å². The molecule has 0 aliphatic carbocycles. The number of hydrogen-bond donors (Lipinski definition) is 2. The monoisotopic (exact) mass is 236 g/mol. The van der Waals surface area contributed by atoms with Crippen LogP contribution in [0.5, 0.6) is 0 Å². The minimum Gasteiger partial charge on any atom is -0.399 e. The topological polar surface area (TPSA) is 73.6 Å². The van der Waals surface area contributed by atoms with Gasteiger partial charge in [-0.15, -0.1) is 0 Å². The van der Waals surface area contributed by atoms with Crippen LogP contribution in [-0.2, 0) is 20.8 Å². The van der Waals surface area contributed by atoms with Gasteiger partial charge in [0.2, 0.25) is 0 Å². The van der Waals surface area contributed by atoms with Gasteiger partial charge in [0.1, 0.15) is 0 Å². The van der Waals surface area contributed by atoms with Crippen molar-refractivity contribution in [1.82, 2.24) is 5.32 Å². The molecule has 0 bridgehead atoms. The van der Waals surface area contributed by atoms with Gasteiger partial charge in [0.05, 0.1) is 19.8 Å². The minimum atomic E-state index is -0.496. The van der Waals surface area contributed by atoms with Gasteiger partial charge >= 0.3 is 0 Å². The number of benzene rings is 1. The SMILES string of the molecule is Nc1cccc(CNC(=O)C2COCCO2)c1. The largest absolute Gasteiger partial charge is 0.399 e. The van der Waals surface area contributed by atoms with E-state index in [1.54, 1.807) is 0 Å². The Morgan fingerprint density at radius 3 is 3.06 bits per heavy atom. The molecule has 17 heavy (non-hydrogen) atoms. The summed E-state index contributed by atoms with van der Waals surface area (Å²) in [4.78, 5) is 11.7. The van der Waals surface area contributed by atoms with E-state index >= 15 is 0 Å². The molecular weight excluding hydrogens is 220 g/mol. The minimum absolute atomic E-state index is 0.146. The molecule has 1 aliphatic heterocycles. The lowest BCUT2D eigenvalue weighted by molar-refractivity contribution is -0.147. The Morgan fingerprint density at radius 2 is 2.35 bits per heavy atom. The van der Waals surface area contributed by atoms with E-state index in [0.29, 0.717) is 32.1 Å². The summed E-state index contributed by atoms with van der Waals surface area (Å²) < 4.78 is 10.5. The summed E-state index contributed by atoms with van der Waals surface area (Å²) in [6.07, 6.45) is -0.496. The van der Waals surface area contributed by atoms with Gasteiger partial charge in [-0.3, -0.25) is 4.79 Å². The van der Waals surface area contributed by atoms with E-state index in [9.17, 15) is 4.79 Å². The molecule has 1 aromatic carbocycles.